The molecule has 1 saturated heterocycles. The number of carbonyl (C=O) groups excluding carboxylic acids is 1. The van der Waals surface area contributed by atoms with E-state index in [-0.39, 0.29) is 12.8 Å². The summed E-state index contributed by atoms with van der Waals surface area (Å²) in [4.78, 5) is 13.1. The van der Waals surface area contributed by atoms with Crippen molar-refractivity contribution in [1.29, 1.82) is 0 Å². The van der Waals surface area contributed by atoms with E-state index in [9.17, 15) is 40.5 Å². The third-order valence-electron chi connectivity index (χ3n) is 13.2. The highest BCUT2D eigenvalue weighted by Gasteiger charge is 2.44. The van der Waals surface area contributed by atoms with E-state index >= 15 is 0 Å². The Morgan fingerprint density at radius 2 is 0.923 bits per heavy atom. The summed E-state index contributed by atoms with van der Waals surface area (Å²) in [5.41, 5.74) is 0. The van der Waals surface area contributed by atoms with Crippen LogP contribution in [0.4, 0.5) is 0 Å². The zero-order valence-corrected chi connectivity index (χ0v) is 41.7. The molecule has 0 aromatic rings. The number of allylic oxidation sites excluding steroid dienone is 4. The Morgan fingerprint density at radius 1 is 0.523 bits per heavy atom. The number of aliphatic hydroxyl groups excluding tert-OH is 7. The molecule has 1 aliphatic rings. The number of hydrogen-bond donors (Lipinski definition) is 8. The van der Waals surface area contributed by atoms with E-state index in [1.54, 1.807) is 0 Å². The average Bonchev–Trinajstić information content (AvgIpc) is 3.31. The van der Waals surface area contributed by atoms with Crippen molar-refractivity contribution < 1.29 is 50.0 Å². The molecule has 65 heavy (non-hydrogen) atoms. The summed E-state index contributed by atoms with van der Waals surface area (Å²) in [6.45, 7) is 3.45. The molecule has 1 rings (SSSR count). The van der Waals surface area contributed by atoms with Gasteiger partial charge >= 0.3 is 0 Å². The third-order valence-corrected chi connectivity index (χ3v) is 13.2. The molecule has 0 spiro atoms. The first-order valence-corrected chi connectivity index (χ1v) is 27.2. The van der Waals surface area contributed by atoms with Gasteiger partial charge in [0.2, 0.25) is 5.91 Å². The second-order valence-electron chi connectivity index (χ2n) is 19.3. The highest BCUT2D eigenvalue weighted by atomic mass is 16.7. The van der Waals surface area contributed by atoms with Crippen LogP contribution in [0.2, 0.25) is 0 Å². The largest absolute Gasteiger partial charge is 0.394 e. The molecule has 1 amide bonds. The summed E-state index contributed by atoms with van der Waals surface area (Å²) in [6.07, 6.45) is 39.4. The highest BCUT2D eigenvalue weighted by molar-refractivity contribution is 5.80. The normalized spacial score (nSPS) is 21.0. The third kappa shape index (κ3) is 32.9. The minimum atomic E-state index is -1.67. The molecule has 11 heteroatoms. The van der Waals surface area contributed by atoms with Crippen molar-refractivity contribution in [1.82, 2.24) is 5.32 Å². The van der Waals surface area contributed by atoms with E-state index in [1.807, 2.05) is 0 Å². The molecule has 1 fully saturated rings. The van der Waals surface area contributed by atoms with Gasteiger partial charge < -0.3 is 50.5 Å². The summed E-state index contributed by atoms with van der Waals surface area (Å²) < 4.78 is 11.1. The van der Waals surface area contributed by atoms with E-state index < -0.39 is 74.2 Å². The lowest BCUT2D eigenvalue weighted by Gasteiger charge is -2.40. The van der Waals surface area contributed by atoms with Crippen molar-refractivity contribution in [2.24, 2.45) is 0 Å². The Bertz CT molecular complexity index is 1110. The van der Waals surface area contributed by atoms with E-state index in [0.29, 0.717) is 19.3 Å². The number of hydrogen-bond acceptors (Lipinski definition) is 10. The first-order chi connectivity index (χ1) is 31.7. The maximum atomic E-state index is 13.1. The van der Waals surface area contributed by atoms with Crippen molar-refractivity contribution in [2.75, 3.05) is 13.2 Å². The van der Waals surface area contributed by atoms with Gasteiger partial charge in [-0.15, -0.1) is 0 Å². The lowest BCUT2D eigenvalue weighted by atomic mass is 9.98. The van der Waals surface area contributed by atoms with Crippen molar-refractivity contribution in [3.63, 3.8) is 0 Å². The number of rotatable bonds is 46. The van der Waals surface area contributed by atoms with Crippen molar-refractivity contribution in [3.8, 4) is 0 Å². The average molecular weight is 926 g/mol. The standard InChI is InChI=1S/C54H103NO10/c1-3-5-7-9-11-13-15-17-19-21-23-24-26-28-30-32-34-36-38-40-42-47(58)53(63)55-45(44-64-54-52(62)51(61)50(60)48(43-56)65-54)49(59)46(57)41-39-37-35-33-31-29-27-25-22-20-18-16-14-12-10-8-6-4-2/h25,27,33,35,45-52,54,56-62H,3-24,26,28-32,34,36-44H2,1-2H3,(H,55,63)/b27-25+,35-33+. The first-order valence-electron chi connectivity index (χ1n) is 27.2. The number of nitrogens with one attached hydrogen (secondary N) is 1. The van der Waals surface area contributed by atoms with Crippen LogP contribution in [-0.4, -0.2) is 110 Å². The molecular formula is C54H103NO10. The van der Waals surface area contributed by atoms with E-state index in [0.717, 1.165) is 38.5 Å². The lowest BCUT2D eigenvalue weighted by Crippen LogP contribution is -2.60. The fourth-order valence-electron chi connectivity index (χ4n) is 8.75. The maximum absolute atomic E-state index is 13.1. The molecule has 384 valence electrons. The number of carbonyl (C=O) groups is 1. The first kappa shape index (κ1) is 61.6. The summed E-state index contributed by atoms with van der Waals surface area (Å²) >= 11 is 0. The van der Waals surface area contributed by atoms with Crippen molar-refractivity contribution in [2.45, 2.75) is 300 Å². The van der Waals surface area contributed by atoms with E-state index in [2.05, 4.69) is 43.5 Å². The van der Waals surface area contributed by atoms with Crippen molar-refractivity contribution >= 4 is 5.91 Å². The van der Waals surface area contributed by atoms with Gasteiger partial charge in [0.25, 0.3) is 0 Å². The smallest absolute Gasteiger partial charge is 0.249 e. The SMILES string of the molecule is CCCCCCCCCCC/C=C/CC/C=C/CCCC(O)C(O)C(COC1OC(CO)C(O)C(O)C1O)NC(=O)C(O)CCCCCCCCCCCCCCCCCCCCCC. The van der Waals surface area contributed by atoms with Crippen LogP contribution in [0, 0.1) is 0 Å². The monoisotopic (exact) mass is 926 g/mol. The van der Waals surface area contributed by atoms with Crippen LogP contribution in [0.1, 0.15) is 245 Å². The molecule has 0 saturated carbocycles. The highest BCUT2D eigenvalue weighted by Crippen LogP contribution is 2.23. The topological polar surface area (TPSA) is 189 Å². The lowest BCUT2D eigenvalue weighted by molar-refractivity contribution is -0.303. The summed E-state index contributed by atoms with van der Waals surface area (Å²) in [6, 6.07) is -1.19. The molecule has 0 bridgehead atoms. The number of amides is 1. The Kier molecular flexibility index (Phi) is 41.6. The van der Waals surface area contributed by atoms with Gasteiger partial charge in [0.05, 0.1) is 25.4 Å². The molecule has 8 N–H and O–H groups in total. The predicted molar refractivity (Wildman–Crippen MR) is 266 cm³/mol. The Balaban J connectivity index is 2.38. The molecule has 1 heterocycles. The van der Waals surface area contributed by atoms with Crippen LogP contribution < -0.4 is 5.32 Å². The van der Waals surface area contributed by atoms with Gasteiger partial charge in [-0.25, -0.2) is 0 Å². The van der Waals surface area contributed by atoms with Gasteiger partial charge in [0, 0.05) is 0 Å². The van der Waals surface area contributed by atoms with Crippen LogP contribution in [-0.2, 0) is 14.3 Å². The van der Waals surface area contributed by atoms with Crippen LogP contribution in [0.15, 0.2) is 24.3 Å². The summed E-state index contributed by atoms with van der Waals surface area (Å²) in [5.74, 6) is -0.707. The molecule has 9 unspecified atom stereocenters. The summed E-state index contributed by atoms with van der Waals surface area (Å²) in [7, 11) is 0. The quantitative estimate of drug-likeness (QED) is 0.0216. The van der Waals surface area contributed by atoms with Gasteiger partial charge in [-0.05, 0) is 51.4 Å². The molecule has 11 nitrogen and oxygen atoms in total. The molecule has 0 aliphatic carbocycles. The van der Waals surface area contributed by atoms with Crippen molar-refractivity contribution in [3.05, 3.63) is 24.3 Å². The Labute approximate surface area is 397 Å². The Morgan fingerprint density at radius 3 is 1.37 bits per heavy atom. The van der Waals surface area contributed by atoms with Crippen LogP contribution in [0.25, 0.3) is 0 Å². The number of aliphatic hydroxyl groups is 7. The minimum Gasteiger partial charge on any atom is -0.394 e. The van der Waals surface area contributed by atoms with Gasteiger partial charge in [-0.2, -0.15) is 0 Å². The van der Waals surface area contributed by atoms with E-state index in [1.165, 1.54) is 161 Å². The number of unbranched alkanes of at least 4 members (excludes halogenated alkanes) is 30. The van der Waals surface area contributed by atoms with Gasteiger partial charge in [-0.1, -0.05) is 218 Å². The zero-order chi connectivity index (χ0) is 47.6. The predicted octanol–water partition coefficient (Wildman–Crippen LogP) is 10.6. The van der Waals surface area contributed by atoms with Crippen LogP contribution >= 0.6 is 0 Å². The van der Waals surface area contributed by atoms with Crippen LogP contribution in [0.5, 0.6) is 0 Å². The van der Waals surface area contributed by atoms with E-state index in [4.69, 9.17) is 9.47 Å². The minimum absolute atomic E-state index is 0.249. The van der Waals surface area contributed by atoms with Gasteiger partial charge in [0.15, 0.2) is 6.29 Å². The Hall–Kier alpha value is -1.41. The molecule has 0 aromatic heterocycles. The van der Waals surface area contributed by atoms with Gasteiger partial charge in [0.1, 0.15) is 36.6 Å². The molecule has 0 aromatic carbocycles. The second-order valence-corrected chi connectivity index (χ2v) is 19.3. The van der Waals surface area contributed by atoms with Gasteiger partial charge in [-0.3, -0.25) is 4.79 Å². The summed E-state index contributed by atoms with van der Waals surface area (Å²) in [5, 5.41) is 76.0. The fourth-order valence-corrected chi connectivity index (χ4v) is 8.75. The molecule has 9 atom stereocenters. The maximum Gasteiger partial charge on any atom is 0.249 e. The fraction of sp³-hybridized carbons (Fsp3) is 0.907. The number of ether oxygens (including phenoxy) is 2. The molecular weight excluding hydrogens is 823 g/mol. The molecule has 1 aliphatic heterocycles. The molecule has 0 radical (unpaired) electrons. The zero-order valence-electron chi connectivity index (χ0n) is 41.7. The van der Waals surface area contributed by atoms with Crippen LogP contribution in [0.3, 0.4) is 0 Å². The second kappa shape index (κ2) is 43.8.